The van der Waals surface area contributed by atoms with Gasteiger partial charge in [-0.2, -0.15) is 0 Å². The van der Waals surface area contributed by atoms with Crippen LogP contribution in [-0.4, -0.2) is 22.1 Å². The summed E-state index contributed by atoms with van der Waals surface area (Å²) >= 11 is 12.8. The van der Waals surface area contributed by atoms with Crippen molar-refractivity contribution in [2.75, 3.05) is 11.9 Å². The Labute approximate surface area is 171 Å². The van der Waals surface area contributed by atoms with E-state index in [9.17, 15) is 9.59 Å². The maximum Gasteiger partial charge on any atom is 0.319 e. The summed E-state index contributed by atoms with van der Waals surface area (Å²) < 4.78 is 1.34. The molecule has 3 aromatic rings. The van der Waals surface area contributed by atoms with E-state index in [4.69, 9.17) is 28.9 Å². The number of fused-ring (bicyclic) bond motifs is 1. The van der Waals surface area contributed by atoms with Gasteiger partial charge in [0.05, 0.1) is 38.4 Å². The quantitative estimate of drug-likeness (QED) is 0.597. The minimum absolute atomic E-state index is 0.186. The number of amides is 2. The zero-order chi connectivity index (χ0) is 20.4. The van der Waals surface area contributed by atoms with E-state index in [1.165, 1.54) is 4.57 Å². The van der Waals surface area contributed by atoms with Gasteiger partial charge in [-0.25, -0.2) is 9.78 Å². The lowest BCUT2D eigenvalue weighted by molar-refractivity contribution is 0.252. The van der Waals surface area contributed by atoms with Crippen LogP contribution in [0.2, 0.25) is 10.0 Å². The smallest absolute Gasteiger partial charge is 0.319 e. The molecule has 2 amide bonds. The molecule has 1 unspecified atom stereocenters. The minimum atomic E-state index is -0.549. The summed E-state index contributed by atoms with van der Waals surface area (Å²) in [6.07, 6.45) is 0. The molecule has 7 nitrogen and oxygen atoms in total. The van der Waals surface area contributed by atoms with Gasteiger partial charge in [-0.1, -0.05) is 35.3 Å². The molecule has 0 saturated carbocycles. The lowest BCUT2D eigenvalue weighted by atomic mass is 10.2. The first-order chi connectivity index (χ1) is 13.3. The highest BCUT2D eigenvalue weighted by Crippen LogP contribution is 2.30. The third-order valence-electron chi connectivity index (χ3n) is 4.08. The second-order valence-electron chi connectivity index (χ2n) is 6.16. The van der Waals surface area contributed by atoms with Crippen LogP contribution in [0, 0.1) is 0 Å². The summed E-state index contributed by atoms with van der Waals surface area (Å²) in [6, 6.07) is 9.06. The predicted molar refractivity (Wildman–Crippen MR) is 113 cm³/mol. The molecule has 0 aliphatic carbocycles. The maximum atomic E-state index is 13.3. The Morgan fingerprint density at radius 2 is 1.96 bits per heavy atom. The molecule has 3 rings (SSSR count). The van der Waals surface area contributed by atoms with Crippen LogP contribution in [-0.2, 0) is 0 Å². The van der Waals surface area contributed by atoms with Crippen LogP contribution < -0.4 is 21.9 Å². The van der Waals surface area contributed by atoms with Gasteiger partial charge in [0, 0.05) is 6.54 Å². The molecule has 1 atom stereocenters. The van der Waals surface area contributed by atoms with E-state index < -0.39 is 12.1 Å². The van der Waals surface area contributed by atoms with Crippen LogP contribution in [0.5, 0.6) is 0 Å². The summed E-state index contributed by atoms with van der Waals surface area (Å²) in [5.41, 5.74) is 6.85. The first-order valence-corrected chi connectivity index (χ1v) is 9.41. The van der Waals surface area contributed by atoms with Crippen molar-refractivity contribution in [1.29, 1.82) is 0 Å². The molecule has 4 N–H and O–H groups in total. The molecule has 0 saturated heterocycles. The van der Waals surface area contributed by atoms with E-state index in [0.717, 1.165) is 0 Å². The van der Waals surface area contributed by atoms with Gasteiger partial charge < -0.3 is 16.4 Å². The number of nitrogens with zero attached hydrogens (tertiary/aromatic N) is 2. The Morgan fingerprint density at radius 3 is 2.64 bits per heavy atom. The number of rotatable bonds is 4. The molecule has 9 heteroatoms. The van der Waals surface area contributed by atoms with Crippen molar-refractivity contribution < 1.29 is 4.79 Å². The lowest BCUT2D eigenvalue weighted by Gasteiger charge is -2.18. The molecule has 0 fully saturated rings. The van der Waals surface area contributed by atoms with Crippen LogP contribution in [0.3, 0.4) is 0 Å². The third-order valence-corrected chi connectivity index (χ3v) is 4.80. The fourth-order valence-corrected chi connectivity index (χ4v) is 3.37. The molecule has 146 valence electrons. The van der Waals surface area contributed by atoms with Gasteiger partial charge >= 0.3 is 6.03 Å². The second kappa shape index (κ2) is 8.18. The Bertz CT molecular complexity index is 1110. The molecule has 1 heterocycles. The van der Waals surface area contributed by atoms with Crippen LogP contribution in [0.1, 0.15) is 25.7 Å². The Hall–Kier alpha value is -2.61. The van der Waals surface area contributed by atoms with Gasteiger partial charge in [0.2, 0.25) is 0 Å². The highest BCUT2D eigenvalue weighted by atomic mass is 35.5. The number of benzene rings is 2. The number of urea groups is 1. The molecule has 28 heavy (non-hydrogen) atoms. The molecular formula is C19H19Cl2N5O2. The van der Waals surface area contributed by atoms with Crippen molar-refractivity contribution in [3.63, 3.8) is 0 Å². The number of hydrogen-bond acceptors (Lipinski definition) is 4. The number of aromatic nitrogens is 2. The van der Waals surface area contributed by atoms with Crippen molar-refractivity contribution in [3.05, 3.63) is 62.6 Å². The van der Waals surface area contributed by atoms with Gasteiger partial charge in [0.25, 0.3) is 5.56 Å². The average molecular weight is 420 g/mol. The molecule has 1 aromatic heterocycles. The number of nitrogens with one attached hydrogen (secondary N) is 2. The Morgan fingerprint density at radius 1 is 1.25 bits per heavy atom. The first-order valence-electron chi connectivity index (χ1n) is 8.65. The zero-order valence-electron chi connectivity index (χ0n) is 15.3. The Kier molecular flexibility index (Phi) is 5.88. The summed E-state index contributed by atoms with van der Waals surface area (Å²) in [5, 5.41) is 6.03. The van der Waals surface area contributed by atoms with E-state index in [0.29, 0.717) is 29.3 Å². The van der Waals surface area contributed by atoms with Crippen molar-refractivity contribution >= 4 is 45.8 Å². The van der Waals surface area contributed by atoms with Crippen molar-refractivity contribution in [2.24, 2.45) is 5.73 Å². The number of anilines is 1. The predicted octanol–water partition coefficient (Wildman–Crippen LogP) is 3.85. The molecule has 0 bridgehead atoms. The van der Waals surface area contributed by atoms with Crippen molar-refractivity contribution in [1.82, 2.24) is 14.9 Å². The van der Waals surface area contributed by atoms with Crippen LogP contribution in [0.4, 0.5) is 10.5 Å². The van der Waals surface area contributed by atoms with Gasteiger partial charge in [0.15, 0.2) is 0 Å². The van der Waals surface area contributed by atoms with Crippen molar-refractivity contribution in [3.8, 4) is 5.69 Å². The summed E-state index contributed by atoms with van der Waals surface area (Å²) in [6.45, 7) is 3.99. The molecule has 0 aliphatic rings. The van der Waals surface area contributed by atoms with Gasteiger partial charge in [-0.15, -0.1) is 0 Å². The average Bonchev–Trinajstić information content (AvgIpc) is 2.64. The number of halogens is 2. The molecule has 2 aromatic carbocycles. The second-order valence-corrected chi connectivity index (χ2v) is 6.94. The third kappa shape index (κ3) is 3.69. The first kappa shape index (κ1) is 20.1. The maximum absolute atomic E-state index is 13.3. The summed E-state index contributed by atoms with van der Waals surface area (Å²) in [5.74, 6) is 0.330. The molecular weight excluding hydrogens is 401 g/mol. The van der Waals surface area contributed by atoms with E-state index in [-0.39, 0.29) is 21.0 Å². The standard InChI is InChI=1S/C19H19Cl2N5O2/c1-3-23-19(28)25-13-8-5-9-14(16(13)21)26-17(10(2)22)24-12-7-4-6-11(20)15(12)18(26)27/h4-10H,3,22H2,1-2H3,(H2,23,25,28). The normalized spacial score (nSPS) is 12.0. The number of carbonyl (C=O) groups is 1. The number of hydrogen-bond donors (Lipinski definition) is 3. The summed E-state index contributed by atoms with van der Waals surface area (Å²) in [7, 11) is 0. The largest absolute Gasteiger partial charge is 0.338 e. The molecule has 0 aliphatic heterocycles. The highest BCUT2D eigenvalue weighted by Gasteiger charge is 2.20. The SMILES string of the molecule is CCNC(=O)Nc1cccc(-n2c(C(C)N)nc3cccc(Cl)c3c2=O)c1Cl. The highest BCUT2D eigenvalue weighted by molar-refractivity contribution is 6.36. The fraction of sp³-hybridized carbons (Fsp3) is 0.211. The van der Waals surface area contributed by atoms with Crippen molar-refractivity contribution in [2.45, 2.75) is 19.9 Å². The number of nitrogens with two attached hydrogens (primary N) is 1. The van der Waals surface area contributed by atoms with Crippen LogP contribution >= 0.6 is 23.2 Å². The van der Waals surface area contributed by atoms with E-state index in [2.05, 4.69) is 15.6 Å². The fourth-order valence-electron chi connectivity index (χ4n) is 2.86. The van der Waals surface area contributed by atoms with Crippen LogP contribution in [0.15, 0.2) is 41.2 Å². The zero-order valence-corrected chi connectivity index (χ0v) is 16.8. The van der Waals surface area contributed by atoms with E-state index >= 15 is 0 Å². The van der Waals surface area contributed by atoms with E-state index in [1.54, 1.807) is 50.2 Å². The monoisotopic (exact) mass is 419 g/mol. The Balaban J connectivity index is 2.28. The van der Waals surface area contributed by atoms with E-state index in [1.807, 2.05) is 0 Å². The molecule has 0 radical (unpaired) electrons. The summed E-state index contributed by atoms with van der Waals surface area (Å²) in [4.78, 5) is 29.7. The number of carbonyl (C=O) groups excluding carboxylic acids is 1. The van der Waals surface area contributed by atoms with Gasteiger partial charge in [0.1, 0.15) is 5.82 Å². The van der Waals surface area contributed by atoms with Gasteiger partial charge in [-0.05, 0) is 38.1 Å². The lowest BCUT2D eigenvalue weighted by Crippen LogP contribution is -2.29. The minimum Gasteiger partial charge on any atom is -0.338 e. The van der Waals surface area contributed by atoms with Gasteiger partial charge in [-0.3, -0.25) is 9.36 Å². The topological polar surface area (TPSA) is 102 Å². The van der Waals surface area contributed by atoms with Crippen LogP contribution in [0.25, 0.3) is 16.6 Å². The molecule has 0 spiro atoms.